The maximum atomic E-state index is 15.1. The molecule has 2 saturated heterocycles. The largest absolute Gasteiger partial charge is 0.504 e. The van der Waals surface area contributed by atoms with E-state index in [1.165, 1.54) is 0 Å². The number of amides is 4. The number of carbonyl (C=O) groups is 4. The molecular formula is C34H29ClN2O7. The highest BCUT2D eigenvalue weighted by molar-refractivity contribution is 6.32. The van der Waals surface area contributed by atoms with Gasteiger partial charge in [-0.15, -0.1) is 0 Å². The molecule has 0 radical (unpaired) electrons. The molecule has 4 aliphatic rings. The second kappa shape index (κ2) is 10.3. The minimum atomic E-state index is -1.53. The summed E-state index contributed by atoms with van der Waals surface area (Å²) < 4.78 is 5.74. The fourth-order valence-electron chi connectivity index (χ4n) is 8.12. The van der Waals surface area contributed by atoms with E-state index < -0.39 is 58.6 Å². The van der Waals surface area contributed by atoms with Crippen molar-refractivity contribution in [1.29, 1.82) is 0 Å². The Morgan fingerprint density at radius 1 is 0.932 bits per heavy atom. The van der Waals surface area contributed by atoms with Crippen LogP contribution in [0.2, 0.25) is 5.02 Å². The van der Waals surface area contributed by atoms with E-state index >= 15 is 4.79 Å². The number of rotatable bonds is 5. The number of halogens is 1. The highest BCUT2D eigenvalue weighted by Gasteiger charge is 2.70. The van der Waals surface area contributed by atoms with Crippen molar-refractivity contribution in [2.45, 2.75) is 31.1 Å². The molecule has 3 aromatic rings. The number of phenolic OH excluding ortho intramolecular Hbond substituents is 1. The zero-order valence-corrected chi connectivity index (χ0v) is 24.5. The van der Waals surface area contributed by atoms with Crippen LogP contribution in [0, 0.1) is 23.7 Å². The summed E-state index contributed by atoms with van der Waals surface area (Å²) in [6.07, 6.45) is 2.10. The van der Waals surface area contributed by atoms with E-state index in [4.69, 9.17) is 16.3 Å². The monoisotopic (exact) mass is 612 g/mol. The van der Waals surface area contributed by atoms with Crippen molar-refractivity contribution in [3.05, 3.63) is 101 Å². The minimum absolute atomic E-state index is 0.0821. The van der Waals surface area contributed by atoms with Gasteiger partial charge in [-0.05, 0) is 55.5 Å². The lowest BCUT2D eigenvalue weighted by molar-refractivity contribution is -0.173. The quantitative estimate of drug-likeness (QED) is 0.236. The molecule has 3 aromatic carbocycles. The Bertz CT molecular complexity index is 1760. The lowest BCUT2D eigenvalue weighted by atomic mass is 9.49. The van der Waals surface area contributed by atoms with Crippen LogP contribution in [-0.4, -0.2) is 45.6 Å². The van der Waals surface area contributed by atoms with Crippen LogP contribution in [0.4, 0.5) is 5.69 Å². The number of aromatic hydroxyl groups is 1. The van der Waals surface area contributed by atoms with Crippen LogP contribution < -0.4 is 9.64 Å². The summed E-state index contributed by atoms with van der Waals surface area (Å²) in [6, 6.07) is 20.6. The Labute approximate surface area is 258 Å². The van der Waals surface area contributed by atoms with Gasteiger partial charge in [0.2, 0.25) is 11.8 Å². The summed E-state index contributed by atoms with van der Waals surface area (Å²) in [5, 5.41) is 22.6. The number of hydrogen-bond donors (Lipinski definition) is 2. The molecule has 6 atom stereocenters. The van der Waals surface area contributed by atoms with Crippen molar-refractivity contribution in [3.63, 3.8) is 0 Å². The average Bonchev–Trinajstić information content (AvgIpc) is 3.39. The highest BCUT2D eigenvalue weighted by Crippen LogP contribution is 2.65. The van der Waals surface area contributed by atoms with E-state index in [2.05, 4.69) is 0 Å². The first kappa shape index (κ1) is 28.3. The normalized spacial score (nSPS) is 29.3. The predicted molar refractivity (Wildman–Crippen MR) is 159 cm³/mol. The van der Waals surface area contributed by atoms with Gasteiger partial charge in [-0.1, -0.05) is 71.8 Å². The van der Waals surface area contributed by atoms with E-state index in [-0.39, 0.29) is 36.0 Å². The molecule has 0 aromatic heterocycles. The average molecular weight is 613 g/mol. The van der Waals surface area contributed by atoms with Gasteiger partial charge in [-0.3, -0.25) is 24.4 Å². The van der Waals surface area contributed by atoms with Crippen molar-refractivity contribution < 1.29 is 34.2 Å². The number of hydrogen-bond acceptors (Lipinski definition) is 7. The first-order valence-electron chi connectivity index (χ1n) is 14.6. The minimum Gasteiger partial charge on any atom is -0.504 e. The van der Waals surface area contributed by atoms with Gasteiger partial charge in [0, 0.05) is 16.5 Å². The van der Waals surface area contributed by atoms with Crippen LogP contribution in [0.15, 0.2) is 84.4 Å². The maximum absolute atomic E-state index is 15.1. The third-order valence-electron chi connectivity index (χ3n) is 9.78. The molecule has 2 heterocycles. The summed E-state index contributed by atoms with van der Waals surface area (Å²) in [7, 11) is 0. The molecule has 7 rings (SSSR count). The van der Waals surface area contributed by atoms with Crippen LogP contribution in [0.1, 0.15) is 36.8 Å². The van der Waals surface area contributed by atoms with Crippen molar-refractivity contribution in [2.24, 2.45) is 23.7 Å². The van der Waals surface area contributed by atoms with Crippen molar-refractivity contribution >= 4 is 40.9 Å². The molecule has 0 bridgehead atoms. The van der Waals surface area contributed by atoms with Crippen molar-refractivity contribution in [2.75, 3.05) is 11.5 Å². The Balaban J connectivity index is 1.53. The fraction of sp³-hybridized carbons (Fsp3) is 0.294. The number of carbonyl (C=O) groups excluding carboxylic acids is 4. The van der Waals surface area contributed by atoms with Crippen LogP contribution in [0.3, 0.4) is 0 Å². The van der Waals surface area contributed by atoms with E-state index in [0.717, 1.165) is 4.90 Å². The van der Waals surface area contributed by atoms with E-state index in [1.54, 1.807) is 61.5 Å². The number of nitrogens with zero attached hydrogens (tertiary/aromatic N) is 2. The number of para-hydroxylation sites is 1. The van der Waals surface area contributed by atoms with Gasteiger partial charge in [0.25, 0.3) is 11.8 Å². The first-order valence-corrected chi connectivity index (χ1v) is 15.0. The lowest BCUT2D eigenvalue weighted by Gasteiger charge is -2.50. The molecule has 10 heteroatoms. The molecule has 1 saturated carbocycles. The zero-order valence-electron chi connectivity index (χ0n) is 23.7. The van der Waals surface area contributed by atoms with Gasteiger partial charge in [0.1, 0.15) is 0 Å². The number of hydroxylamine groups is 2. The van der Waals surface area contributed by atoms with Crippen LogP contribution in [0.25, 0.3) is 0 Å². The molecule has 2 N–H and O–H groups in total. The molecule has 44 heavy (non-hydrogen) atoms. The summed E-state index contributed by atoms with van der Waals surface area (Å²) in [5.41, 5.74) is 0.402. The van der Waals surface area contributed by atoms with Gasteiger partial charge >= 0.3 is 0 Å². The number of fused-ring (bicyclic) bond motifs is 4. The number of imide groups is 2. The van der Waals surface area contributed by atoms with Gasteiger partial charge < -0.3 is 9.84 Å². The molecular weight excluding hydrogens is 584 g/mol. The summed E-state index contributed by atoms with van der Waals surface area (Å²) in [4.78, 5) is 57.1. The topological polar surface area (TPSA) is 124 Å². The number of anilines is 1. The third kappa shape index (κ3) is 3.75. The number of benzene rings is 3. The Morgan fingerprint density at radius 2 is 1.68 bits per heavy atom. The van der Waals surface area contributed by atoms with Gasteiger partial charge in [0.05, 0.1) is 35.5 Å². The SMILES string of the molecule is CCOc1cccc(C2C3=CCC4C(=O)N(O)C(=O)C4C3CC3C(=O)N(c4cccc(Cl)c4)C(=O)C32c2ccccc2)c1O. The Morgan fingerprint density at radius 3 is 2.41 bits per heavy atom. The fourth-order valence-corrected chi connectivity index (χ4v) is 8.30. The van der Waals surface area contributed by atoms with Crippen LogP contribution in [-0.2, 0) is 24.6 Å². The van der Waals surface area contributed by atoms with Crippen LogP contribution in [0.5, 0.6) is 11.5 Å². The lowest BCUT2D eigenvalue weighted by Crippen LogP contribution is -2.53. The molecule has 224 valence electrons. The van der Waals surface area contributed by atoms with Crippen molar-refractivity contribution in [3.8, 4) is 11.5 Å². The number of phenols is 1. The van der Waals surface area contributed by atoms with E-state index in [9.17, 15) is 24.7 Å². The summed E-state index contributed by atoms with van der Waals surface area (Å²) in [5.74, 6) is -6.54. The smallest absolute Gasteiger partial charge is 0.257 e. The molecule has 9 nitrogen and oxygen atoms in total. The predicted octanol–water partition coefficient (Wildman–Crippen LogP) is 5.00. The van der Waals surface area contributed by atoms with Gasteiger partial charge in [0.15, 0.2) is 11.5 Å². The number of ether oxygens (including phenoxy) is 1. The third-order valence-corrected chi connectivity index (χ3v) is 10.0. The van der Waals surface area contributed by atoms with Gasteiger partial charge in [-0.2, -0.15) is 5.06 Å². The van der Waals surface area contributed by atoms with Crippen molar-refractivity contribution in [1.82, 2.24) is 5.06 Å². The summed E-state index contributed by atoms with van der Waals surface area (Å²) >= 11 is 6.32. The molecule has 3 fully saturated rings. The van der Waals surface area contributed by atoms with E-state index in [1.807, 2.05) is 24.3 Å². The molecule has 0 spiro atoms. The second-order valence-electron chi connectivity index (χ2n) is 11.7. The molecule has 2 aliphatic heterocycles. The second-order valence-corrected chi connectivity index (χ2v) is 12.1. The molecule has 2 aliphatic carbocycles. The maximum Gasteiger partial charge on any atom is 0.257 e. The summed E-state index contributed by atoms with van der Waals surface area (Å²) in [6.45, 7) is 2.07. The van der Waals surface area contributed by atoms with Crippen LogP contribution >= 0.6 is 11.6 Å². The molecule has 4 amide bonds. The first-order chi connectivity index (χ1) is 21.2. The Hall–Kier alpha value is -4.47. The van der Waals surface area contributed by atoms with E-state index in [0.29, 0.717) is 27.4 Å². The highest BCUT2D eigenvalue weighted by atomic mass is 35.5. The number of allylic oxidation sites excluding steroid dienone is 2. The Kier molecular flexibility index (Phi) is 6.64. The standard InChI is InChI=1S/C34H29ClN2O7/c1-2-44-26-13-7-12-23(29(26)38)28-21-14-15-22-27(32(41)37(43)30(22)39)24(21)17-25-31(40)36(20-11-6-10-19(35)16-20)33(42)34(25,28)18-8-4-3-5-9-18/h3-14,16,22,24-25,27-28,38,43H,2,15,17H2,1H3. The van der Waals surface area contributed by atoms with Gasteiger partial charge in [-0.25, -0.2) is 4.90 Å². The zero-order chi connectivity index (χ0) is 30.9. The molecule has 6 unspecified atom stereocenters.